The number of halogens is 2. The van der Waals surface area contributed by atoms with Crippen LogP contribution in [0, 0.1) is 0 Å². The van der Waals surface area contributed by atoms with Gasteiger partial charge in [0.05, 0.1) is 15.4 Å². The van der Waals surface area contributed by atoms with Crippen molar-refractivity contribution >= 4 is 54.8 Å². The van der Waals surface area contributed by atoms with E-state index in [1.807, 2.05) is 13.8 Å². The molecule has 1 heterocycles. The van der Waals surface area contributed by atoms with Crippen LogP contribution in [0.2, 0.25) is 5.02 Å². The largest absolute Gasteiger partial charge is 0.353 e. The molecule has 0 radical (unpaired) electrons. The number of nitrogens with one attached hydrogen (secondary N) is 1. The van der Waals surface area contributed by atoms with Crippen LogP contribution in [0.4, 0.5) is 0 Å². The van der Waals surface area contributed by atoms with Crippen molar-refractivity contribution in [1.82, 2.24) is 9.62 Å². The van der Waals surface area contributed by atoms with E-state index in [9.17, 15) is 13.2 Å². The molecular formula is C10H14BrClN2O3S2. The Balaban J connectivity index is 2.86. The van der Waals surface area contributed by atoms with E-state index in [0.29, 0.717) is 8.81 Å². The first-order chi connectivity index (χ1) is 8.64. The molecule has 0 aliphatic carbocycles. The molecule has 0 aliphatic rings. The van der Waals surface area contributed by atoms with Crippen molar-refractivity contribution in [2.75, 3.05) is 13.6 Å². The number of nitrogens with zero attached hydrogens (tertiary/aromatic N) is 1. The van der Waals surface area contributed by atoms with Gasteiger partial charge < -0.3 is 5.32 Å². The fraction of sp³-hybridized carbons (Fsp3) is 0.500. The Hall–Kier alpha value is -0.150. The minimum Gasteiger partial charge on any atom is -0.353 e. The van der Waals surface area contributed by atoms with Crippen LogP contribution in [-0.2, 0) is 14.8 Å². The fourth-order valence-electron chi connectivity index (χ4n) is 1.26. The maximum absolute atomic E-state index is 12.2. The summed E-state index contributed by atoms with van der Waals surface area (Å²) in [5.74, 6) is -0.345. The van der Waals surface area contributed by atoms with E-state index in [1.54, 1.807) is 0 Å². The molecule has 1 aromatic heterocycles. The highest BCUT2D eigenvalue weighted by atomic mass is 79.9. The predicted octanol–water partition coefficient (Wildman–Crippen LogP) is 2.31. The van der Waals surface area contributed by atoms with E-state index in [2.05, 4.69) is 21.2 Å². The number of likely N-dealkylation sites (N-methyl/N-ethyl adjacent to an activating group) is 1. The lowest BCUT2D eigenvalue weighted by molar-refractivity contribution is -0.121. The lowest BCUT2D eigenvalue weighted by Crippen LogP contribution is -2.40. The van der Waals surface area contributed by atoms with Gasteiger partial charge in [0.1, 0.15) is 4.21 Å². The second-order valence-corrected chi connectivity index (χ2v) is 9.22. The van der Waals surface area contributed by atoms with Gasteiger partial charge in [0.15, 0.2) is 0 Å². The van der Waals surface area contributed by atoms with Crippen molar-refractivity contribution in [3.63, 3.8) is 0 Å². The summed E-state index contributed by atoms with van der Waals surface area (Å²) in [6.45, 7) is 3.39. The number of amides is 1. The third kappa shape index (κ3) is 4.42. The zero-order valence-electron chi connectivity index (χ0n) is 10.6. The number of rotatable bonds is 5. The van der Waals surface area contributed by atoms with E-state index in [4.69, 9.17) is 11.6 Å². The number of carbonyl (C=O) groups excluding carboxylic acids is 1. The van der Waals surface area contributed by atoms with Crippen LogP contribution in [0.3, 0.4) is 0 Å². The normalized spacial score (nSPS) is 12.2. The van der Waals surface area contributed by atoms with E-state index < -0.39 is 10.0 Å². The minimum atomic E-state index is -3.69. The highest BCUT2D eigenvalue weighted by molar-refractivity contribution is 9.11. The maximum Gasteiger partial charge on any atom is 0.252 e. The van der Waals surface area contributed by atoms with Crippen LogP contribution in [0.1, 0.15) is 13.8 Å². The monoisotopic (exact) mass is 388 g/mol. The summed E-state index contributed by atoms with van der Waals surface area (Å²) in [6.07, 6.45) is 0. The number of sulfonamides is 1. The van der Waals surface area contributed by atoms with Crippen molar-refractivity contribution < 1.29 is 13.2 Å². The highest BCUT2D eigenvalue weighted by Gasteiger charge is 2.26. The third-order valence-corrected chi connectivity index (χ3v) is 6.83. The van der Waals surface area contributed by atoms with Gasteiger partial charge in [-0.1, -0.05) is 11.6 Å². The lowest BCUT2D eigenvalue weighted by atomic mass is 10.4. The molecule has 0 bridgehead atoms. The number of thiophene rings is 1. The topological polar surface area (TPSA) is 66.5 Å². The zero-order valence-corrected chi connectivity index (χ0v) is 14.6. The van der Waals surface area contributed by atoms with Gasteiger partial charge in [-0.3, -0.25) is 4.79 Å². The highest BCUT2D eigenvalue weighted by Crippen LogP contribution is 2.35. The van der Waals surface area contributed by atoms with E-state index >= 15 is 0 Å². The fourth-order valence-corrected chi connectivity index (χ4v) is 5.00. The predicted molar refractivity (Wildman–Crippen MR) is 80.1 cm³/mol. The Bertz CT molecular complexity index is 552. The summed E-state index contributed by atoms with van der Waals surface area (Å²) in [4.78, 5) is 11.6. The Kier molecular flexibility index (Phi) is 5.81. The summed E-state index contributed by atoms with van der Waals surface area (Å²) < 4.78 is 26.0. The molecule has 0 fully saturated rings. The Morgan fingerprint density at radius 2 is 2.16 bits per heavy atom. The van der Waals surface area contributed by atoms with E-state index in [0.717, 1.165) is 15.6 Å². The summed E-state index contributed by atoms with van der Waals surface area (Å²) in [5, 5.41) is 2.97. The van der Waals surface area contributed by atoms with Gasteiger partial charge >= 0.3 is 0 Å². The molecule has 1 N–H and O–H groups in total. The molecular weight excluding hydrogens is 376 g/mol. The van der Waals surface area contributed by atoms with Crippen molar-refractivity contribution in [3.05, 3.63) is 14.9 Å². The smallest absolute Gasteiger partial charge is 0.252 e. The molecule has 5 nitrogen and oxygen atoms in total. The molecule has 1 aromatic rings. The van der Waals surface area contributed by atoms with Crippen LogP contribution in [0.25, 0.3) is 0 Å². The third-order valence-electron chi connectivity index (χ3n) is 2.10. The van der Waals surface area contributed by atoms with Gasteiger partial charge in [-0.2, -0.15) is 4.31 Å². The van der Waals surface area contributed by atoms with Gasteiger partial charge in [-0.25, -0.2) is 8.42 Å². The van der Waals surface area contributed by atoms with Gasteiger partial charge in [-0.05, 0) is 35.8 Å². The van der Waals surface area contributed by atoms with Gasteiger partial charge in [0.25, 0.3) is 10.0 Å². The first kappa shape index (κ1) is 16.9. The number of hydrogen-bond donors (Lipinski definition) is 1. The van der Waals surface area contributed by atoms with Gasteiger partial charge in [0, 0.05) is 13.1 Å². The molecule has 0 spiro atoms. The lowest BCUT2D eigenvalue weighted by Gasteiger charge is -2.16. The summed E-state index contributed by atoms with van der Waals surface area (Å²) in [7, 11) is -2.34. The Labute approximate surface area is 130 Å². The molecule has 19 heavy (non-hydrogen) atoms. The van der Waals surface area contributed by atoms with Crippen molar-refractivity contribution in [1.29, 1.82) is 0 Å². The van der Waals surface area contributed by atoms with Crippen molar-refractivity contribution in [2.24, 2.45) is 0 Å². The van der Waals surface area contributed by atoms with Gasteiger partial charge in [-0.15, -0.1) is 11.3 Å². The van der Waals surface area contributed by atoms with Crippen LogP contribution >= 0.6 is 38.9 Å². The van der Waals surface area contributed by atoms with Crippen LogP contribution in [0.15, 0.2) is 14.1 Å². The average Bonchev–Trinajstić information content (AvgIpc) is 2.58. The summed E-state index contributed by atoms with van der Waals surface area (Å²) in [6, 6.07) is 1.33. The molecule has 0 saturated heterocycles. The molecule has 1 amide bonds. The number of hydrogen-bond acceptors (Lipinski definition) is 4. The second kappa shape index (κ2) is 6.53. The minimum absolute atomic E-state index is 0.0334. The molecule has 0 aromatic carbocycles. The summed E-state index contributed by atoms with van der Waals surface area (Å²) >= 11 is 10.00. The first-order valence-corrected chi connectivity index (χ1v) is 8.78. The molecule has 9 heteroatoms. The van der Waals surface area contributed by atoms with Crippen LogP contribution in [0.5, 0.6) is 0 Å². The van der Waals surface area contributed by atoms with E-state index in [-0.39, 0.29) is 22.7 Å². The number of carbonyl (C=O) groups is 1. The summed E-state index contributed by atoms with van der Waals surface area (Å²) in [5.41, 5.74) is 0. The van der Waals surface area contributed by atoms with E-state index in [1.165, 1.54) is 13.1 Å². The van der Waals surface area contributed by atoms with Gasteiger partial charge in [0.2, 0.25) is 5.91 Å². The Morgan fingerprint density at radius 1 is 1.58 bits per heavy atom. The molecule has 0 unspecified atom stereocenters. The van der Waals surface area contributed by atoms with Crippen LogP contribution in [-0.4, -0.2) is 38.3 Å². The SMILES string of the molecule is CC(C)NC(=O)CN(C)S(=O)(=O)c1cc(Cl)c(Br)s1. The molecule has 0 saturated carbocycles. The van der Waals surface area contributed by atoms with Crippen LogP contribution < -0.4 is 5.32 Å². The quantitative estimate of drug-likeness (QED) is 0.840. The Morgan fingerprint density at radius 3 is 2.58 bits per heavy atom. The zero-order chi connectivity index (χ0) is 14.8. The molecule has 0 aliphatic heterocycles. The van der Waals surface area contributed by atoms with Crippen molar-refractivity contribution in [3.8, 4) is 0 Å². The first-order valence-electron chi connectivity index (χ1n) is 5.35. The molecule has 108 valence electrons. The standard InChI is InChI=1S/C10H14BrClN2O3S2/c1-6(2)13-8(15)5-14(3)19(16,17)9-4-7(12)10(11)18-9/h4,6H,5H2,1-3H3,(H,13,15). The second-order valence-electron chi connectivity index (χ2n) is 4.17. The average molecular weight is 390 g/mol. The van der Waals surface area contributed by atoms with Crippen molar-refractivity contribution in [2.45, 2.75) is 24.1 Å². The maximum atomic E-state index is 12.2. The molecule has 1 rings (SSSR count). The molecule has 0 atom stereocenters.